The second kappa shape index (κ2) is 5.50. The largest absolute Gasteiger partial charge is 0.444 e. The van der Waals surface area contributed by atoms with Crippen LogP contribution in [0.1, 0.15) is 67.2 Å². The highest BCUT2D eigenvalue weighted by Crippen LogP contribution is 2.35. The van der Waals surface area contributed by atoms with Crippen LogP contribution in [0.15, 0.2) is 0 Å². The van der Waals surface area contributed by atoms with Gasteiger partial charge in [-0.25, -0.2) is 4.79 Å². The van der Waals surface area contributed by atoms with Gasteiger partial charge in [0, 0.05) is 6.04 Å². The van der Waals surface area contributed by atoms with Gasteiger partial charge in [0.25, 0.3) is 0 Å². The first-order chi connectivity index (χ1) is 8.07. The van der Waals surface area contributed by atoms with E-state index in [-0.39, 0.29) is 6.09 Å². The lowest BCUT2D eigenvalue weighted by atomic mass is 9.82. The number of hydrogen-bond donors (Lipinski definition) is 1. The molecule has 1 aliphatic carbocycles. The molecular formula is C15H29NO2. The smallest absolute Gasteiger partial charge is 0.407 e. The minimum atomic E-state index is -0.414. The van der Waals surface area contributed by atoms with E-state index in [4.69, 9.17) is 4.74 Å². The van der Waals surface area contributed by atoms with Crippen molar-refractivity contribution in [3.8, 4) is 0 Å². The van der Waals surface area contributed by atoms with E-state index in [2.05, 4.69) is 26.1 Å². The summed E-state index contributed by atoms with van der Waals surface area (Å²) in [5.74, 6) is 0.595. The summed E-state index contributed by atoms with van der Waals surface area (Å²) in [6.45, 7) is 12.5. The molecule has 18 heavy (non-hydrogen) atoms. The van der Waals surface area contributed by atoms with Crippen molar-refractivity contribution in [3.05, 3.63) is 0 Å². The van der Waals surface area contributed by atoms with Crippen LogP contribution in [-0.2, 0) is 4.74 Å². The number of ether oxygens (including phenoxy) is 1. The third-order valence-corrected chi connectivity index (χ3v) is 3.24. The second-order valence-electron chi connectivity index (χ2n) is 7.71. The van der Waals surface area contributed by atoms with Crippen LogP contribution >= 0.6 is 0 Å². The SMILES string of the molecule is CC(C)(C)CC1CCCC1NC(=O)OC(C)(C)C. The lowest BCUT2D eigenvalue weighted by Crippen LogP contribution is -2.41. The highest BCUT2D eigenvalue weighted by Gasteiger charge is 2.32. The average molecular weight is 255 g/mol. The van der Waals surface area contributed by atoms with Crippen LogP contribution in [0.3, 0.4) is 0 Å². The predicted molar refractivity (Wildman–Crippen MR) is 74.6 cm³/mol. The third kappa shape index (κ3) is 5.74. The van der Waals surface area contributed by atoms with Gasteiger partial charge < -0.3 is 10.1 Å². The van der Waals surface area contributed by atoms with Crippen LogP contribution < -0.4 is 5.32 Å². The van der Waals surface area contributed by atoms with Crippen molar-refractivity contribution < 1.29 is 9.53 Å². The van der Waals surface area contributed by atoms with Gasteiger partial charge in [-0.1, -0.05) is 27.2 Å². The van der Waals surface area contributed by atoms with Crippen LogP contribution in [0.4, 0.5) is 4.79 Å². The highest BCUT2D eigenvalue weighted by molar-refractivity contribution is 5.68. The van der Waals surface area contributed by atoms with Crippen molar-refractivity contribution in [1.82, 2.24) is 5.32 Å². The maximum atomic E-state index is 11.8. The minimum Gasteiger partial charge on any atom is -0.444 e. The summed E-state index contributed by atoms with van der Waals surface area (Å²) in [5.41, 5.74) is -0.0922. The molecular weight excluding hydrogens is 226 g/mol. The Morgan fingerprint density at radius 1 is 1.17 bits per heavy atom. The van der Waals surface area contributed by atoms with E-state index in [1.165, 1.54) is 12.8 Å². The molecule has 3 heteroatoms. The Labute approximate surface area is 112 Å². The Balaban J connectivity index is 2.48. The van der Waals surface area contributed by atoms with Gasteiger partial charge in [0.2, 0.25) is 0 Å². The van der Waals surface area contributed by atoms with Gasteiger partial charge in [-0.05, 0) is 51.4 Å². The van der Waals surface area contributed by atoms with E-state index in [1.807, 2.05) is 20.8 Å². The molecule has 0 aromatic heterocycles. The van der Waals surface area contributed by atoms with Crippen molar-refractivity contribution in [2.24, 2.45) is 11.3 Å². The second-order valence-corrected chi connectivity index (χ2v) is 7.71. The summed E-state index contributed by atoms with van der Waals surface area (Å²) in [7, 11) is 0. The van der Waals surface area contributed by atoms with Crippen molar-refractivity contribution >= 4 is 6.09 Å². The maximum absolute atomic E-state index is 11.8. The third-order valence-electron chi connectivity index (χ3n) is 3.24. The molecule has 2 unspecified atom stereocenters. The summed E-state index contributed by atoms with van der Waals surface area (Å²) in [5, 5.41) is 3.05. The fourth-order valence-corrected chi connectivity index (χ4v) is 2.72. The summed E-state index contributed by atoms with van der Waals surface area (Å²) in [6, 6.07) is 0.291. The summed E-state index contributed by atoms with van der Waals surface area (Å²) in [6.07, 6.45) is 4.40. The predicted octanol–water partition coefficient (Wildman–Crippen LogP) is 4.12. The molecule has 0 radical (unpaired) electrons. The van der Waals surface area contributed by atoms with Gasteiger partial charge in [0.15, 0.2) is 0 Å². The van der Waals surface area contributed by atoms with Gasteiger partial charge in [-0.15, -0.1) is 0 Å². The van der Waals surface area contributed by atoms with E-state index in [9.17, 15) is 4.79 Å². The van der Waals surface area contributed by atoms with Gasteiger partial charge in [0.1, 0.15) is 5.60 Å². The molecule has 3 nitrogen and oxygen atoms in total. The molecule has 1 N–H and O–H groups in total. The molecule has 1 rings (SSSR count). The van der Waals surface area contributed by atoms with Crippen molar-refractivity contribution in [3.63, 3.8) is 0 Å². The monoisotopic (exact) mass is 255 g/mol. The topological polar surface area (TPSA) is 38.3 Å². The molecule has 0 aliphatic heterocycles. The lowest BCUT2D eigenvalue weighted by Gasteiger charge is -2.29. The number of hydrogen-bond acceptors (Lipinski definition) is 2. The van der Waals surface area contributed by atoms with E-state index >= 15 is 0 Å². The standard InChI is InChI=1S/C15H29NO2/c1-14(2,3)10-11-8-7-9-12(11)16-13(17)18-15(4,5)6/h11-12H,7-10H2,1-6H3,(H,16,17). The lowest BCUT2D eigenvalue weighted by molar-refractivity contribution is 0.0485. The number of amides is 1. The molecule has 0 heterocycles. The van der Waals surface area contributed by atoms with Gasteiger partial charge in [0.05, 0.1) is 0 Å². The van der Waals surface area contributed by atoms with E-state index in [1.54, 1.807) is 0 Å². The molecule has 1 aliphatic rings. The van der Waals surface area contributed by atoms with Crippen LogP contribution in [0, 0.1) is 11.3 Å². The van der Waals surface area contributed by atoms with Crippen molar-refractivity contribution in [2.75, 3.05) is 0 Å². The first kappa shape index (κ1) is 15.3. The van der Waals surface area contributed by atoms with Crippen LogP contribution in [-0.4, -0.2) is 17.7 Å². The summed E-state index contributed by atoms with van der Waals surface area (Å²) in [4.78, 5) is 11.8. The van der Waals surface area contributed by atoms with Crippen molar-refractivity contribution in [2.45, 2.75) is 78.9 Å². The van der Waals surface area contributed by atoms with E-state index in [0.29, 0.717) is 17.4 Å². The first-order valence-corrected chi connectivity index (χ1v) is 7.06. The first-order valence-electron chi connectivity index (χ1n) is 7.06. The Morgan fingerprint density at radius 3 is 2.28 bits per heavy atom. The molecule has 0 aromatic rings. The van der Waals surface area contributed by atoms with Crippen molar-refractivity contribution in [1.29, 1.82) is 0 Å². The summed E-state index contributed by atoms with van der Waals surface area (Å²) >= 11 is 0. The highest BCUT2D eigenvalue weighted by atomic mass is 16.6. The fraction of sp³-hybridized carbons (Fsp3) is 0.933. The molecule has 0 bridgehead atoms. The molecule has 1 amide bonds. The maximum Gasteiger partial charge on any atom is 0.407 e. The van der Waals surface area contributed by atoms with Crippen LogP contribution in [0.25, 0.3) is 0 Å². The molecule has 106 valence electrons. The van der Waals surface area contributed by atoms with E-state index < -0.39 is 5.60 Å². The van der Waals surface area contributed by atoms with Crippen LogP contribution in [0.5, 0.6) is 0 Å². The Kier molecular flexibility index (Phi) is 4.68. The quantitative estimate of drug-likeness (QED) is 0.806. The summed E-state index contributed by atoms with van der Waals surface area (Å²) < 4.78 is 5.33. The zero-order valence-electron chi connectivity index (χ0n) is 12.8. The van der Waals surface area contributed by atoms with Gasteiger partial charge >= 0.3 is 6.09 Å². The zero-order valence-corrected chi connectivity index (χ0v) is 12.8. The fourth-order valence-electron chi connectivity index (χ4n) is 2.72. The number of carbonyl (C=O) groups is 1. The number of alkyl carbamates (subject to hydrolysis) is 1. The normalized spacial score (nSPS) is 25.0. The molecule has 0 aromatic carbocycles. The van der Waals surface area contributed by atoms with Gasteiger partial charge in [-0.3, -0.25) is 0 Å². The average Bonchev–Trinajstić information content (AvgIpc) is 2.45. The van der Waals surface area contributed by atoms with Gasteiger partial charge in [-0.2, -0.15) is 0 Å². The molecule has 2 atom stereocenters. The Hall–Kier alpha value is -0.730. The molecule has 1 saturated carbocycles. The molecule has 0 spiro atoms. The molecule has 1 fully saturated rings. The Bertz CT molecular complexity index is 286. The Morgan fingerprint density at radius 2 is 1.78 bits per heavy atom. The minimum absolute atomic E-state index is 0.270. The van der Waals surface area contributed by atoms with E-state index in [0.717, 1.165) is 12.8 Å². The number of nitrogens with one attached hydrogen (secondary N) is 1. The van der Waals surface area contributed by atoms with Crippen LogP contribution in [0.2, 0.25) is 0 Å². The number of carbonyl (C=O) groups excluding carboxylic acids is 1. The number of rotatable bonds is 2. The molecule has 0 saturated heterocycles. The zero-order chi connectivity index (χ0) is 14.0.